The Balaban J connectivity index is 1.98. The van der Waals surface area contributed by atoms with Crippen LogP contribution in [0.5, 0.6) is 0 Å². The number of benzene rings is 1. The third-order valence-corrected chi connectivity index (χ3v) is 3.75. The Morgan fingerprint density at radius 2 is 1.75 bits per heavy atom. The Morgan fingerprint density at radius 1 is 1.12 bits per heavy atom. The molecule has 0 amide bonds. The molecule has 1 aliphatic rings. The lowest BCUT2D eigenvalue weighted by Gasteiger charge is -2.26. The van der Waals surface area contributed by atoms with Crippen LogP contribution in [0.4, 0.5) is 0 Å². The van der Waals surface area contributed by atoms with E-state index in [0.29, 0.717) is 6.54 Å². The lowest BCUT2D eigenvalue weighted by molar-refractivity contribution is 0.161. The van der Waals surface area contributed by atoms with Crippen LogP contribution >= 0.6 is 0 Å². The van der Waals surface area contributed by atoms with E-state index in [1.165, 1.54) is 31.2 Å². The van der Waals surface area contributed by atoms with Gasteiger partial charge in [0.25, 0.3) is 0 Å². The molecule has 2 N–H and O–H groups in total. The van der Waals surface area contributed by atoms with E-state index in [1.807, 2.05) is 0 Å². The average molecular weight is 219 g/mol. The number of hydrogen-bond acceptors (Lipinski definition) is 2. The van der Waals surface area contributed by atoms with Crippen molar-refractivity contribution in [2.45, 2.75) is 45.1 Å². The minimum atomic E-state index is 0.530. The quantitative estimate of drug-likeness (QED) is 0.763. The summed E-state index contributed by atoms with van der Waals surface area (Å²) in [4.78, 5) is 0. The summed E-state index contributed by atoms with van der Waals surface area (Å²) in [6, 6.07) is 8.65. The van der Waals surface area contributed by atoms with Crippen LogP contribution in [0, 0.1) is 5.92 Å². The molecule has 0 spiro atoms. The largest absolute Gasteiger partial charge is 0.316 e. The first-order valence-corrected chi connectivity index (χ1v) is 6.25. The first-order chi connectivity index (χ1) is 7.79. The highest BCUT2D eigenvalue weighted by molar-refractivity contribution is 5.25. The van der Waals surface area contributed by atoms with Gasteiger partial charge in [-0.1, -0.05) is 44.0 Å². The molecule has 2 nitrogen and oxygen atoms in total. The first kappa shape index (κ1) is 11.6. The van der Waals surface area contributed by atoms with E-state index >= 15 is 0 Å². The fourth-order valence-electron chi connectivity index (χ4n) is 2.59. The number of hydroxylamine groups is 1. The Labute approximate surface area is 97.6 Å². The third kappa shape index (κ3) is 2.83. The molecule has 1 saturated carbocycles. The predicted octanol–water partition coefficient (Wildman–Crippen LogP) is 3.46. The molecule has 2 rings (SSSR count). The molecule has 0 bridgehead atoms. The lowest BCUT2D eigenvalue weighted by Crippen LogP contribution is -2.11. The van der Waals surface area contributed by atoms with E-state index in [-0.39, 0.29) is 0 Å². The molecular weight excluding hydrogens is 198 g/mol. The van der Waals surface area contributed by atoms with Gasteiger partial charge < -0.3 is 5.21 Å². The standard InChI is InChI=1S/C14H21NO/c1-11-2-6-13(7-3-11)14-8-4-12(5-9-14)10-15-16/h4-5,8-9,11,13,15-16H,2-3,6-7,10H2,1H3. The molecule has 1 aliphatic carbocycles. The zero-order valence-corrected chi connectivity index (χ0v) is 9.95. The van der Waals surface area contributed by atoms with Crippen LogP contribution in [0.1, 0.15) is 49.7 Å². The number of hydrogen-bond donors (Lipinski definition) is 2. The van der Waals surface area contributed by atoms with Crippen molar-refractivity contribution in [3.8, 4) is 0 Å². The van der Waals surface area contributed by atoms with Crippen molar-refractivity contribution in [2.24, 2.45) is 5.92 Å². The minimum absolute atomic E-state index is 0.530. The zero-order valence-electron chi connectivity index (χ0n) is 9.95. The van der Waals surface area contributed by atoms with Gasteiger partial charge in [-0.2, -0.15) is 0 Å². The van der Waals surface area contributed by atoms with Crippen LogP contribution in [0.15, 0.2) is 24.3 Å². The van der Waals surface area contributed by atoms with Gasteiger partial charge in [-0.25, -0.2) is 5.48 Å². The van der Waals surface area contributed by atoms with Crippen LogP contribution in [-0.4, -0.2) is 5.21 Å². The molecule has 0 aromatic heterocycles. The van der Waals surface area contributed by atoms with Gasteiger partial charge in [-0.15, -0.1) is 0 Å². The van der Waals surface area contributed by atoms with Gasteiger partial charge in [0.2, 0.25) is 0 Å². The zero-order chi connectivity index (χ0) is 11.4. The van der Waals surface area contributed by atoms with Crippen molar-refractivity contribution in [2.75, 3.05) is 0 Å². The van der Waals surface area contributed by atoms with Crippen LogP contribution in [0.2, 0.25) is 0 Å². The van der Waals surface area contributed by atoms with Crippen LogP contribution in [-0.2, 0) is 6.54 Å². The highest BCUT2D eigenvalue weighted by Crippen LogP contribution is 2.35. The van der Waals surface area contributed by atoms with E-state index in [1.54, 1.807) is 0 Å². The second-order valence-electron chi connectivity index (χ2n) is 5.03. The summed E-state index contributed by atoms with van der Waals surface area (Å²) in [7, 11) is 0. The Hall–Kier alpha value is -0.860. The average Bonchev–Trinajstić information content (AvgIpc) is 2.32. The van der Waals surface area contributed by atoms with Gasteiger partial charge in [0.15, 0.2) is 0 Å². The van der Waals surface area contributed by atoms with E-state index in [2.05, 4.69) is 36.7 Å². The molecule has 88 valence electrons. The summed E-state index contributed by atoms with van der Waals surface area (Å²) in [6.07, 6.45) is 5.40. The maximum absolute atomic E-state index is 8.62. The predicted molar refractivity (Wildman–Crippen MR) is 65.4 cm³/mol. The maximum Gasteiger partial charge on any atom is 0.0458 e. The van der Waals surface area contributed by atoms with Crippen molar-refractivity contribution in [1.82, 2.24) is 5.48 Å². The van der Waals surface area contributed by atoms with E-state index < -0.39 is 0 Å². The Kier molecular flexibility index (Phi) is 3.97. The lowest BCUT2D eigenvalue weighted by atomic mass is 9.79. The second-order valence-corrected chi connectivity index (χ2v) is 5.03. The van der Waals surface area contributed by atoms with E-state index in [4.69, 9.17) is 5.21 Å². The fourth-order valence-corrected chi connectivity index (χ4v) is 2.59. The molecule has 2 heteroatoms. The molecule has 0 unspecified atom stereocenters. The van der Waals surface area contributed by atoms with Gasteiger partial charge in [0.1, 0.15) is 0 Å². The molecule has 1 fully saturated rings. The summed E-state index contributed by atoms with van der Waals surface area (Å²) in [6.45, 7) is 2.88. The van der Waals surface area contributed by atoms with Crippen LogP contribution in [0.25, 0.3) is 0 Å². The minimum Gasteiger partial charge on any atom is -0.316 e. The molecule has 1 aromatic rings. The molecule has 16 heavy (non-hydrogen) atoms. The third-order valence-electron chi connectivity index (χ3n) is 3.75. The van der Waals surface area contributed by atoms with Gasteiger partial charge in [-0.05, 0) is 35.8 Å². The molecule has 0 heterocycles. The number of nitrogens with one attached hydrogen (secondary N) is 1. The van der Waals surface area contributed by atoms with Crippen molar-refractivity contribution in [3.05, 3.63) is 35.4 Å². The van der Waals surface area contributed by atoms with E-state index in [0.717, 1.165) is 17.4 Å². The van der Waals surface area contributed by atoms with Crippen molar-refractivity contribution >= 4 is 0 Å². The van der Waals surface area contributed by atoms with Crippen LogP contribution < -0.4 is 5.48 Å². The molecule has 0 aliphatic heterocycles. The highest BCUT2D eigenvalue weighted by atomic mass is 16.5. The van der Waals surface area contributed by atoms with E-state index in [9.17, 15) is 0 Å². The summed E-state index contributed by atoms with van der Waals surface area (Å²) in [5, 5.41) is 8.62. The van der Waals surface area contributed by atoms with Gasteiger partial charge in [0.05, 0.1) is 0 Å². The van der Waals surface area contributed by atoms with Crippen LogP contribution in [0.3, 0.4) is 0 Å². The normalized spacial score (nSPS) is 25.6. The SMILES string of the molecule is CC1CCC(c2ccc(CNO)cc2)CC1. The smallest absolute Gasteiger partial charge is 0.0458 e. The van der Waals surface area contributed by atoms with Gasteiger partial charge in [0, 0.05) is 6.54 Å². The molecular formula is C14H21NO. The summed E-state index contributed by atoms with van der Waals surface area (Å²) in [5.41, 5.74) is 4.79. The Morgan fingerprint density at radius 3 is 2.31 bits per heavy atom. The topological polar surface area (TPSA) is 32.3 Å². The molecule has 0 saturated heterocycles. The summed E-state index contributed by atoms with van der Waals surface area (Å²) in [5.74, 6) is 1.67. The van der Waals surface area contributed by atoms with Crippen molar-refractivity contribution in [1.29, 1.82) is 0 Å². The monoisotopic (exact) mass is 219 g/mol. The first-order valence-electron chi connectivity index (χ1n) is 6.25. The molecule has 0 atom stereocenters. The highest BCUT2D eigenvalue weighted by Gasteiger charge is 2.19. The molecule has 0 radical (unpaired) electrons. The molecule has 1 aromatic carbocycles. The summed E-state index contributed by atoms with van der Waals surface area (Å²) < 4.78 is 0. The Bertz CT molecular complexity index is 312. The fraction of sp³-hybridized carbons (Fsp3) is 0.571. The van der Waals surface area contributed by atoms with Crippen molar-refractivity contribution in [3.63, 3.8) is 0 Å². The maximum atomic E-state index is 8.62. The number of rotatable bonds is 3. The van der Waals surface area contributed by atoms with Gasteiger partial charge in [-0.3, -0.25) is 0 Å². The second kappa shape index (κ2) is 5.46. The van der Waals surface area contributed by atoms with Gasteiger partial charge >= 0.3 is 0 Å². The summed E-state index contributed by atoms with van der Waals surface area (Å²) >= 11 is 0. The van der Waals surface area contributed by atoms with Crippen molar-refractivity contribution < 1.29 is 5.21 Å².